The largest absolute Gasteiger partial charge is 0.507 e. The van der Waals surface area contributed by atoms with Crippen LogP contribution in [0.1, 0.15) is 21.5 Å². The first-order chi connectivity index (χ1) is 11.5. The van der Waals surface area contributed by atoms with Crippen LogP contribution < -0.4 is 14.2 Å². The van der Waals surface area contributed by atoms with Gasteiger partial charge in [0.25, 0.3) is 0 Å². The van der Waals surface area contributed by atoms with Crippen LogP contribution in [0.25, 0.3) is 6.08 Å². The minimum absolute atomic E-state index is 0.0970. The van der Waals surface area contributed by atoms with Crippen molar-refractivity contribution in [3.8, 4) is 23.0 Å². The summed E-state index contributed by atoms with van der Waals surface area (Å²) in [6.07, 6.45) is 3.07. The molecule has 24 heavy (non-hydrogen) atoms. The molecule has 0 aliphatic carbocycles. The second-order valence-corrected chi connectivity index (χ2v) is 5.15. The van der Waals surface area contributed by atoms with Crippen LogP contribution in [-0.2, 0) is 0 Å². The molecule has 0 aromatic heterocycles. The molecule has 0 saturated carbocycles. The summed E-state index contributed by atoms with van der Waals surface area (Å²) >= 11 is 0. The smallest absolute Gasteiger partial charge is 0.193 e. The Morgan fingerprint density at radius 3 is 2.29 bits per heavy atom. The third-order valence-corrected chi connectivity index (χ3v) is 3.60. The average Bonchev–Trinajstić information content (AvgIpc) is 2.58. The highest BCUT2D eigenvalue weighted by molar-refractivity contribution is 6.10. The lowest BCUT2D eigenvalue weighted by Gasteiger charge is -2.10. The summed E-state index contributed by atoms with van der Waals surface area (Å²) in [6, 6.07) is 8.53. The fraction of sp³-hybridized carbons (Fsp3) is 0.211. The van der Waals surface area contributed by atoms with Crippen molar-refractivity contribution in [1.29, 1.82) is 0 Å². The molecular formula is C19H20O5. The number of hydrogen-bond donors (Lipinski definition) is 1. The Morgan fingerprint density at radius 1 is 1.00 bits per heavy atom. The summed E-state index contributed by atoms with van der Waals surface area (Å²) in [7, 11) is 4.52. The number of ketones is 1. The van der Waals surface area contributed by atoms with Crippen molar-refractivity contribution in [1.82, 2.24) is 0 Å². The lowest BCUT2D eigenvalue weighted by molar-refractivity contribution is 0.104. The highest BCUT2D eigenvalue weighted by atomic mass is 16.5. The van der Waals surface area contributed by atoms with Crippen molar-refractivity contribution in [2.45, 2.75) is 6.92 Å². The number of hydrogen-bond acceptors (Lipinski definition) is 5. The number of methoxy groups -OCH3 is 3. The van der Waals surface area contributed by atoms with E-state index in [1.807, 2.05) is 25.1 Å². The maximum atomic E-state index is 12.4. The van der Waals surface area contributed by atoms with E-state index in [9.17, 15) is 9.90 Å². The van der Waals surface area contributed by atoms with Gasteiger partial charge in [-0.05, 0) is 36.3 Å². The standard InChI is InChI=1S/C19H20O5/c1-12-9-13(6-8-17(12)23-3)5-7-15(20)19-16(21)10-14(22-2)11-18(19)24-4/h5-11,21H,1-4H3/b7-5+. The Balaban J connectivity index is 2.31. The molecule has 2 rings (SSSR count). The molecule has 0 heterocycles. The van der Waals surface area contributed by atoms with Gasteiger partial charge in [0.15, 0.2) is 5.78 Å². The molecule has 0 atom stereocenters. The highest BCUT2D eigenvalue weighted by Crippen LogP contribution is 2.34. The minimum atomic E-state index is -0.361. The van der Waals surface area contributed by atoms with E-state index in [0.29, 0.717) is 5.75 Å². The number of aryl methyl sites for hydroxylation is 1. The third-order valence-electron chi connectivity index (χ3n) is 3.60. The minimum Gasteiger partial charge on any atom is -0.507 e. The predicted octanol–water partition coefficient (Wildman–Crippen LogP) is 3.62. The first-order valence-corrected chi connectivity index (χ1v) is 7.32. The maximum Gasteiger partial charge on any atom is 0.193 e. The number of phenolic OH excluding ortho intramolecular Hbond substituents is 1. The molecule has 0 unspecified atom stereocenters. The van der Waals surface area contributed by atoms with Crippen molar-refractivity contribution >= 4 is 11.9 Å². The highest BCUT2D eigenvalue weighted by Gasteiger charge is 2.17. The van der Waals surface area contributed by atoms with Crippen LogP contribution in [0, 0.1) is 6.92 Å². The van der Waals surface area contributed by atoms with Gasteiger partial charge in [-0.25, -0.2) is 0 Å². The fourth-order valence-electron chi connectivity index (χ4n) is 2.36. The van der Waals surface area contributed by atoms with E-state index in [0.717, 1.165) is 16.9 Å². The molecule has 0 radical (unpaired) electrons. The summed E-state index contributed by atoms with van der Waals surface area (Å²) in [5, 5.41) is 10.1. The maximum absolute atomic E-state index is 12.4. The predicted molar refractivity (Wildman–Crippen MR) is 92.3 cm³/mol. The van der Waals surface area contributed by atoms with E-state index in [-0.39, 0.29) is 22.8 Å². The second kappa shape index (κ2) is 7.55. The Hall–Kier alpha value is -2.95. The monoisotopic (exact) mass is 328 g/mol. The van der Waals surface area contributed by atoms with Gasteiger partial charge < -0.3 is 19.3 Å². The molecular weight excluding hydrogens is 308 g/mol. The van der Waals surface area contributed by atoms with Gasteiger partial charge in [-0.15, -0.1) is 0 Å². The van der Waals surface area contributed by atoms with Crippen molar-refractivity contribution in [3.63, 3.8) is 0 Å². The van der Waals surface area contributed by atoms with Gasteiger partial charge in [-0.1, -0.05) is 12.1 Å². The Kier molecular flexibility index (Phi) is 5.47. The van der Waals surface area contributed by atoms with Crippen LogP contribution in [0.4, 0.5) is 0 Å². The first kappa shape index (κ1) is 17.4. The average molecular weight is 328 g/mol. The van der Waals surface area contributed by atoms with E-state index in [1.54, 1.807) is 19.3 Å². The van der Waals surface area contributed by atoms with Crippen molar-refractivity contribution in [3.05, 3.63) is 53.1 Å². The summed E-state index contributed by atoms with van der Waals surface area (Å²) in [5.41, 5.74) is 1.92. The van der Waals surface area contributed by atoms with Crippen LogP contribution >= 0.6 is 0 Å². The lowest BCUT2D eigenvalue weighted by Crippen LogP contribution is -2.00. The SMILES string of the molecule is COc1cc(O)c(C(=O)/C=C/c2ccc(OC)c(C)c2)c(OC)c1. The van der Waals surface area contributed by atoms with Gasteiger partial charge >= 0.3 is 0 Å². The lowest BCUT2D eigenvalue weighted by atomic mass is 10.1. The molecule has 1 N–H and O–H groups in total. The normalized spacial score (nSPS) is 10.7. The number of rotatable bonds is 6. The van der Waals surface area contributed by atoms with E-state index in [2.05, 4.69) is 0 Å². The topological polar surface area (TPSA) is 65.0 Å². The Labute approximate surface area is 141 Å². The van der Waals surface area contributed by atoms with Crippen LogP contribution in [0.15, 0.2) is 36.4 Å². The zero-order valence-corrected chi connectivity index (χ0v) is 14.1. The van der Waals surface area contributed by atoms with Gasteiger partial charge in [-0.2, -0.15) is 0 Å². The van der Waals surface area contributed by atoms with E-state index < -0.39 is 0 Å². The number of phenols is 1. The first-order valence-electron chi connectivity index (χ1n) is 7.32. The molecule has 0 bridgehead atoms. The molecule has 0 fully saturated rings. The summed E-state index contributed by atoms with van der Waals surface area (Å²) in [5.74, 6) is 0.906. The number of carbonyl (C=O) groups excluding carboxylic acids is 1. The Bertz CT molecular complexity index is 778. The van der Waals surface area contributed by atoms with Crippen molar-refractivity contribution in [2.24, 2.45) is 0 Å². The summed E-state index contributed by atoms with van der Waals surface area (Å²) in [6.45, 7) is 1.93. The van der Waals surface area contributed by atoms with Gasteiger partial charge in [0.05, 0.1) is 21.3 Å². The summed E-state index contributed by atoms with van der Waals surface area (Å²) in [4.78, 5) is 12.4. The van der Waals surface area contributed by atoms with Crippen molar-refractivity contribution in [2.75, 3.05) is 21.3 Å². The number of benzene rings is 2. The molecule has 0 amide bonds. The zero-order valence-electron chi connectivity index (χ0n) is 14.1. The molecule has 0 aliphatic heterocycles. The van der Waals surface area contributed by atoms with E-state index >= 15 is 0 Å². The molecule has 0 aliphatic rings. The third kappa shape index (κ3) is 3.68. The number of allylic oxidation sites excluding steroid dienone is 1. The summed E-state index contributed by atoms with van der Waals surface area (Å²) < 4.78 is 15.4. The molecule has 2 aromatic carbocycles. The zero-order chi connectivity index (χ0) is 17.7. The van der Waals surface area contributed by atoms with Gasteiger partial charge in [-0.3, -0.25) is 4.79 Å². The van der Waals surface area contributed by atoms with Gasteiger partial charge in [0, 0.05) is 12.1 Å². The van der Waals surface area contributed by atoms with E-state index in [1.165, 1.54) is 26.4 Å². The van der Waals surface area contributed by atoms with Gasteiger partial charge in [0.2, 0.25) is 0 Å². The molecule has 2 aromatic rings. The van der Waals surface area contributed by atoms with Gasteiger partial charge in [0.1, 0.15) is 28.6 Å². The van der Waals surface area contributed by atoms with Crippen LogP contribution in [-0.4, -0.2) is 32.2 Å². The quantitative estimate of drug-likeness (QED) is 0.648. The van der Waals surface area contributed by atoms with E-state index in [4.69, 9.17) is 14.2 Å². The van der Waals surface area contributed by atoms with Crippen LogP contribution in [0.2, 0.25) is 0 Å². The Morgan fingerprint density at radius 2 is 1.71 bits per heavy atom. The number of carbonyl (C=O) groups is 1. The molecule has 5 nitrogen and oxygen atoms in total. The molecule has 5 heteroatoms. The fourth-order valence-corrected chi connectivity index (χ4v) is 2.36. The molecule has 126 valence electrons. The van der Waals surface area contributed by atoms with Crippen molar-refractivity contribution < 1.29 is 24.1 Å². The molecule has 0 spiro atoms. The number of ether oxygens (including phenoxy) is 3. The number of aromatic hydroxyl groups is 1. The van der Waals surface area contributed by atoms with Crippen LogP contribution in [0.5, 0.6) is 23.0 Å². The second-order valence-electron chi connectivity index (χ2n) is 5.15. The molecule has 0 saturated heterocycles. The van der Waals surface area contributed by atoms with Crippen LogP contribution in [0.3, 0.4) is 0 Å².